The molecule has 1 unspecified atom stereocenters. The second-order valence-electron chi connectivity index (χ2n) is 3.95. The second kappa shape index (κ2) is 4.94. The quantitative estimate of drug-likeness (QED) is 0.559. The number of nitrogens with two attached hydrogens (primary N) is 2. The lowest BCUT2D eigenvalue weighted by molar-refractivity contribution is 0.0987. The first kappa shape index (κ1) is 12.8. The molecule has 1 aromatic heterocycles. The Morgan fingerprint density at radius 3 is 2.68 bits per heavy atom. The Labute approximate surface area is 107 Å². The summed E-state index contributed by atoms with van der Waals surface area (Å²) < 4.78 is 4.82. The van der Waals surface area contributed by atoms with Gasteiger partial charge in [0.25, 0.3) is 11.7 Å². The van der Waals surface area contributed by atoms with Gasteiger partial charge in [0, 0.05) is 0 Å². The molecule has 0 fully saturated rings. The normalized spacial score (nSPS) is 12.3. The van der Waals surface area contributed by atoms with Gasteiger partial charge in [-0.15, -0.1) is 0 Å². The van der Waals surface area contributed by atoms with Crippen LogP contribution in [0.25, 0.3) is 0 Å². The maximum absolute atomic E-state index is 10.8. The summed E-state index contributed by atoms with van der Waals surface area (Å²) in [6, 6.07) is 3.67. The van der Waals surface area contributed by atoms with Crippen LogP contribution in [0.1, 0.15) is 28.1 Å². The molecule has 1 heterocycles. The Hall–Kier alpha value is -2.61. The third-order valence-electron chi connectivity index (χ3n) is 2.47. The molecule has 1 amide bonds. The van der Waals surface area contributed by atoms with Crippen LogP contribution in [0.2, 0.25) is 0 Å². The van der Waals surface area contributed by atoms with Crippen molar-refractivity contribution in [3.05, 3.63) is 35.5 Å². The van der Waals surface area contributed by atoms with Gasteiger partial charge in [-0.3, -0.25) is 4.79 Å². The molecule has 1 aromatic carbocycles. The number of hydrogen-bond acceptors (Lipinski definition) is 7. The molecule has 0 aliphatic carbocycles. The molecule has 0 bridgehead atoms. The lowest BCUT2D eigenvalue weighted by atomic mass is 10.1. The van der Waals surface area contributed by atoms with Crippen molar-refractivity contribution >= 4 is 5.91 Å². The van der Waals surface area contributed by atoms with Crippen LogP contribution < -0.4 is 11.5 Å². The Bertz CT molecular complexity index is 610. The monoisotopic (exact) mass is 264 g/mol. The number of carbonyl (C=O) groups excluding carboxylic acids is 1. The van der Waals surface area contributed by atoms with E-state index in [1.165, 1.54) is 12.1 Å². The van der Waals surface area contributed by atoms with E-state index in [1.54, 1.807) is 6.07 Å². The van der Waals surface area contributed by atoms with Gasteiger partial charge in [0.2, 0.25) is 5.89 Å². The Balaban J connectivity index is 2.13. The van der Waals surface area contributed by atoms with Crippen molar-refractivity contribution in [1.82, 2.24) is 10.1 Å². The van der Waals surface area contributed by atoms with E-state index in [1.807, 2.05) is 0 Å². The predicted octanol–water partition coefficient (Wildman–Crippen LogP) is -0.178. The minimum absolute atomic E-state index is 0.0707. The van der Waals surface area contributed by atoms with Gasteiger partial charge in [-0.25, -0.2) is 0 Å². The van der Waals surface area contributed by atoms with Crippen molar-refractivity contribution in [2.45, 2.75) is 12.5 Å². The summed E-state index contributed by atoms with van der Waals surface area (Å²) in [5.41, 5.74) is 11.5. The number of phenols is 2. The lowest BCUT2D eigenvalue weighted by Crippen LogP contribution is -2.16. The first-order valence-electron chi connectivity index (χ1n) is 5.37. The summed E-state index contributed by atoms with van der Waals surface area (Å²) in [7, 11) is 0. The van der Waals surface area contributed by atoms with E-state index < -0.39 is 11.9 Å². The topological polar surface area (TPSA) is 148 Å². The fourth-order valence-corrected chi connectivity index (χ4v) is 1.52. The molecular weight excluding hydrogens is 252 g/mol. The fraction of sp³-hybridized carbons (Fsp3) is 0.182. The van der Waals surface area contributed by atoms with Crippen molar-refractivity contribution in [3.63, 3.8) is 0 Å². The lowest BCUT2D eigenvalue weighted by Gasteiger charge is -2.07. The smallest absolute Gasteiger partial charge is 0.290 e. The Morgan fingerprint density at radius 2 is 2.11 bits per heavy atom. The molecule has 6 N–H and O–H groups in total. The maximum atomic E-state index is 10.8. The molecular formula is C11H12N4O4. The molecule has 0 spiro atoms. The molecule has 8 nitrogen and oxygen atoms in total. The first-order valence-corrected chi connectivity index (χ1v) is 5.37. The van der Waals surface area contributed by atoms with Gasteiger partial charge < -0.3 is 26.2 Å². The number of aromatic hydroxyl groups is 2. The summed E-state index contributed by atoms with van der Waals surface area (Å²) in [6.07, 6.45) is 0.286. The second-order valence-corrected chi connectivity index (χ2v) is 3.95. The summed E-state index contributed by atoms with van der Waals surface area (Å²) in [5, 5.41) is 21.9. The summed E-state index contributed by atoms with van der Waals surface area (Å²) in [6.45, 7) is 0. The van der Waals surface area contributed by atoms with Crippen LogP contribution in [0.3, 0.4) is 0 Å². The number of phenolic OH excluding ortho intramolecular Hbond substituents is 2. The average Bonchev–Trinajstić information content (AvgIpc) is 2.83. The Kier molecular flexibility index (Phi) is 3.34. The van der Waals surface area contributed by atoms with Gasteiger partial charge in [-0.05, 0) is 24.1 Å². The summed E-state index contributed by atoms with van der Waals surface area (Å²) in [5.74, 6) is -1.43. The van der Waals surface area contributed by atoms with Crippen LogP contribution in [0, 0.1) is 0 Å². The van der Waals surface area contributed by atoms with E-state index in [0.29, 0.717) is 5.56 Å². The van der Waals surface area contributed by atoms with E-state index in [2.05, 4.69) is 10.1 Å². The standard InChI is InChI=1S/C11H12N4O4/c12-6(11-14-10(9(13)18)15-19-11)3-5-1-2-7(16)8(17)4-5/h1-2,4,6,16-17H,3,12H2,(H2,13,18). The van der Waals surface area contributed by atoms with Gasteiger partial charge >= 0.3 is 0 Å². The molecule has 2 rings (SSSR count). The van der Waals surface area contributed by atoms with Crippen LogP contribution >= 0.6 is 0 Å². The van der Waals surface area contributed by atoms with Gasteiger partial charge in [0.1, 0.15) is 0 Å². The zero-order chi connectivity index (χ0) is 14.0. The highest BCUT2D eigenvalue weighted by Gasteiger charge is 2.18. The molecule has 0 aliphatic rings. The number of carbonyl (C=O) groups is 1. The van der Waals surface area contributed by atoms with Crippen LogP contribution in [-0.4, -0.2) is 26.3 Å². The predicted molar refractivity (Wildman–Crippen MR) is 63.2 cm³/mol. The van der Waals surface area contributed by atoms with Crippen molar-refractivity contribution in [2.24, 2.45) is 11.5 Å². The molecule has 8 heteroatoms. The van der Waals surface area contributed by atoms with Crippen LogP contribution in [0.4, 0.5) is 0 Å². The number of primary amides is 1. The fourth-order valence-electron chi connectivity index (χ4n) is 1.52. The number of nitrogens with zero attached hydrogens (tertiary/aromatic N) is 2. The molecule has 0 aliphatic heterocycles. The first-order chi connectivity index (χ1) is 8.97. The molecule has 100 valence electrons. The summed E-state index contributed by atoms with van der Waals surface area (Å²) >= 11 is 0. The van der Waals surface area contributed by atoms with Crippen LogP contribution in [0.15, 0.2) is 22.7 Å². The minimum Gasteiger partial charge on any atom is -0.504 e. The van der Waals surface area contributed by atoms with Crippen LogP contribution in [-0.2, 0) is 6.42 Å². The van der Waals surface area contributed by atoms with Crippen molar-refractivity contribution < 1.29 is 19.5 Å². The van der Waals surface area contributed by atoms with E-state index in [-0.39, 0.29) is 29.6 Å². The highest BCUT2D eigenvalue weighted by Crippen LogP contribution is 2.26. The molecule has 1 atom stereocenters. The number of rotatable bonds is 4. The largest absolute Gasteiger partial charge is 0.504 e. The zero-order valence-electron chi connectivity index (χ0n) is 9.78. The van der Waals surface area contributed by atoms with Gasteiger partial charge in [0.05, 0.1) is 6.04 Å². The molecule has 0 saturated heterocycles. The van der Waals surface area contributed by atoms with Gasteiger partial charge in [0.15, 0.2) is 11.5 Å². The van der Waals surface area contributed by atoms with Crippen molar-refractivity contribution in [3.8, 4) is 11.5 Å². The maximum Gasteiger partial charge on any atom is 0.290 e. The number of aromatic nitrogens is 2. The minimum atomic E-state index is -0.801. The third kappa shape index (κ3) is 2.80. The van der Waals surface area contributed by atoms with E-state index >= 15 is 0 Å². The van der Waals surface area contributed by atoms with E-state index in [9.17, 15) is 15.0 Å². The molecule has 0 radical (unpaired) electrons. The number of amides is 1. The van der Waals surface area contributed by atoms with Crippen molar-refractivity contribution in [2.75, 3.05) is 0 Å². The van der Waals surface area contributed by atoms with Crippen LogP contribution in [0.5, 0.6) is 11.5 Å². The highest BCUT2D eigenvalue weighted by atomic mass is 16.5. The SMILES string of the molecule is NC(=O)c1noc(C(N)Cc2ccc(O)c(O)c2)n1. The van der Waals surface area contributed by atoms with Gasteiger partial charge in [-0.1, -0.05) is 11.2 Å². The summed E-state index contributed by atoms with van der Waals surface area (Å²) in [4.78, 5) is 14.6. The zero-order valence-corrected chi connectivity index (χ0v) is 9.78. The average molecular weight is 264 g/mol. The van der Waals surface area contributed by atoms with E-state index in [4.69, 9.17) is 16.0 Å². The molecule has 19 heavy (non-hydrogen) atoms. The van der Waals surface area contributed by atoms with E-state index in [0.717, 1.165) is 0 Å². The van der Waals surface area contributed by atoms with Gasteiger partial charge in [-0.2, -0.15) is 4.98 Å². The third-order valence-corrected chi connectivity index (χ3v) is 2.47. The number of benzene rings is 1. The molecule has 0 saturated carbocycles. The number of hydrogen-bond donors (Lipinski definition) is 4. The molecule has 2 aromatic rings. The highest BCUT2D eigenvalue weighted by molar-refractivity contribution is 5.88. The van der Waals surface area contributed by atoms with Crippen molar-refractivity contribution in [1.29, 1.82) is 0 Å². The Morgan fingerprint density at radius 1 is 1.37 bits per heavy atom.